The number of hydrogen-bond donors (Lipinski definition) is 1. The van der Waals surface area contributed by atoms with Gasteiger partial charge in [0.15, 0.2) is 0 Å². The molecule has 0 spiro atoms. The van der Waals surface area contributed by atoms with Crippen LogP contribution in [-0.2, 0) is 21.1 Å². The largest absolute Gasteiger partial charge is 0.459 e. The van der Waals surface area contributed by atoms with Gasteiger partial charge < -0.3 is 18.7 Å². The highest BCUT2D eigenvalue weighted by Gasteiger charge is 2.20. The Hall–Kier alpha value is -0.940. The Morgan fingerprint density at radius 3 is 2.56 bits per heavy atom. The SMILES string of the molecule is COP(O)(=S)Oc1ccccc1C(=O)OC(C)C. The number of ether oxygens (including phenoxy) is 1. The fraction of sp³-hybridized carbons (Fsp3) is 0.364. The zero-order valence-corrected chi connectivity index (χ0v) is 12.0. The quantitative estimate of drug-likeness (QED) is 0.664. The summed E-state index contributed by atoms with van der Waals surface area (Å²) in [5, 5.41) is 0. The normalized spacial score (nSPS) is 14.1. The topological polar surface area (TPSA) is 65.0 Å². The van der Waals surface area contributed by atoms with Gasteiger partial charge in [0.05, 0.1) is 6.10 Å². The molecule has 0 amide bonds. The summed E-state index contributed by atoms with van der Waals surface area (Å²) < 4.78 is 14.9. The molecule has 100 valence electrons. The molecule has 5 nitrogen and oxygen atoms in total. The molecule has 0 fully saturated rings. The van der Waals surface area contributed by atoms with Crippen molar-refractivity contribution in [3.8, 4) is 5.75 Å². The van der Waals surface area contributed by atoms with E-state index < -0.39 is 12.7 Å². The van der Waals surface area contributed by atoms with Crippen LogP contribution in [0.2, 0.25) is 0 Å². The summed E-state index contributed by atoms with van der Waals surface area (Å²) in [5.74, 6) is -0.387. The van der Waals surface area contributed by atoms with Crippen LogP contribution in [0.25, 0.3) is 0 Å². The standard InChI is InChI=1S/C11H15O5PS/c1-8(2)15-11(12)9-6-4-5-7-10(9)16-17(13,18)14-3/h4-8H,1-3H3,(H,13,18). The van der Waals surface area contributed by atoms with Crippen LogP contribution in [0.15, 0.2) is 24.3 Å². The van der Waals surface area contributed by atoms with Gasteiger partial charge in [-0.3, -0.25) is 0 Å². The van der Waals surface area contributed by atoms with Crippen molar-refractivity contribution in [3.63, 3.8) is 0 Å². The molecule has 1 rings (SSSR count). The number of esters is 1. The zero-order chi connectivity index (χ0) is 13.8. The maximum atomic E-state index is 11.8. The van der Waals surface area contributed by atoms with Crippen LogP contribution in [0, 0.1) is 0 Å². The molecule has 1 aromatic rings. The van der Waals surface area contributed by atoms with E-state index in [1.165, 1.54) is 19.2 Å². The Morgan fingerprint density at radius 1 is 1.39 bits per heavy atom. The van der Waals surface area contributed by atoms with Crippen LogP contribution in [0.3, 0.4) is 0 Å². The van der Waals surface area contributed by atoms with Gasteiger partial charge in [-0.05, 0) is 26.0 Å². The van der Waals surface area contributed by atoms with Gasteiger partial charge in [0.25, 0.3) is 0 Å². The second-order valence-corrected chi connectivity index (χ2v) is 6.56. The second-order valence-electron chi connectivity index (χ2n) is 3.69. The van der Waals surface area contributed by atoms with Crippen LogP contribution < -0.4 is 4.52 Å². The average Bonchev–Trinajstić information content (AvgIpc) is 2.28. The molecule has 0 radical (unpaired) electrons. The van der Waals surface area contributed by atoms with Crippen LogP contribution in [-0.4, -0.2) is 24.1 Å². The Balaban J connectivity index is 3.00. The van der Waals surface area contributed by atoms with Gasteiger partial charge >= 0.3 is 12.7 Å². The molecular formula is C11H15O5PS. The van der Waals surface area contributed by atoms with E-state index in [1.54, 1.807) is 26.0 Å². The van der Waals surface area contributed by atoms with E-state index in [-0.39, 0.29) is 17.4 Å². The van der Waals surface area contributed by atoms with Crippen LogP contribution >= 0.6 is 6.72 Å². The van der Waals surface area contributed by atoms with Crippen molar-refractivity contribution < 1.29 is 23.5 Å². The molecule has 0 aliphatic heterocycles. The number of para-hydroxylation sites is 1. The summed E-state index contributed by atoms with van der Waals surface area (Å²) in [6.45, 7) is 0.115. The predicted octanol–water partition coefficient (Wildman–Crippen LogP) is 2.49. The van der Waals surface area contributed by atoms with E-state index in [2.05, 4.69) is 4.52 Å². The number of rotatable bonds is 5. The molecule has 0 bridgehead atoms. The average molecular weight is 290 g/mol. The van der Waals surface area contributed by atoms with Crippen LogP contribution in [0.1, 0.15) is 24.2 Å². The number of carbonyl (C=O) groups excluding carboxylic acids is 1. The first-order valence-corrected chi connectivity index (χ1v) is 7.83. The summed E-state index contributed by atoms with van der Waals surface area (Å²) in [4.78, 5) is 21.4. The molecule has 18 heavy (non-hydrogen) atoms. The van der Waals surface area contributed by atoms with Crippen LogP contribution in [0.4, 0.5) is 0 Å². The third-order valence-corrected chi connectivity index (χ3v) is 3.45. The molecule has 1 N–H and O–H groups in total. The minimum atomic E-state index is -3.37. The monoisotopic (exact) mass is 290 g/mol. The highest BCUT2D eigenvalue weighted by Crippen LogP contribution is 2.44. The molecule has 7 heteroatoms. The van der Waals surface area contributed by atoms with Crippen molar-refractivity contribution in [1.82, 2.24) is 0 Å². The maximum absolute atomic E-state index is 11.8. The molecule has 0 heterocycles. The van der Waals surface area contributed by atoms with E-state index in [0.717, 1.165) is 0 Å². The highest BCUT2D eigenvalue weighted by atomic mass is 32.5. The predicted molar refractivity (Wildman–Crippen MR) is 71.1 cm³/mol. The second kappa shape index (κ2) is 6.29. The lowest BCUT2D eigenvalue weighted by Crippen LogP contribution is -2.12. The third kappa shape index (κ3) is 4.38. The first-order valence-electron chi connectivity index (χ1n) is 5.24. The fourth-order valence-electron chi connectivity index (χ4n) is 1.15. The molecule has 0 aromatic heterocycles. The number of benzene rings is 1. The lowest BCUT2D eigenvalue weighted by molar-refractivity contribution is 0.0376. The van der Waals surface area contributed by atoms with Crippen LogP contribution in [0.5, 0.6) is 5.75 Å². The molecular weight excluding hydrogens is 275 g/mol. The Morgan fingerprint density at radius 2 is 2.00 bits per heavy atom. The molecule has 1 atom stereocenters. The molecule has 0 saturated carbocycles. The first kappa shape index (κ1) is 15.1. The lowest BCUT2D eigenvalue weighted by atomic mass is 10.2. The van der Waals surface area contributed by atoms with Crippen molar-refractivity contribution in [2.75, 3.05) is 7.11 Å². The summed E-state index contributed by atoms with van der Waals surface area (Å²) in [7, 11) is 1.25. The maximum Gasteiger partial charge on any atom is 0.377 e. The molecule has 1 aromatic carbocycles. The van der Waals surface area contributed by atoms with Crippen molar-refractivity contribution in [2.24, 2.45) is 0 Å². The molecule has 0 saturated heterocycles. The van der Waals surface area contributed by atoms with Gasteiger partial charge in [-0.2, -0.15) is 0 Å². The summed E-state index contributed by atoms with van der Waals surface area (Å²) in [5.41, 5.74) is 0.200. The third-order valence-electron chi connectivity index (χ3n) is 1.89. The Kier molecular flexibility index (Phi) is 5.28. The van der Waals surface area contributed by atoms with E-state index in [0.29, 0.717) is 0 Å². The Bertz CT molecular complexity index is 474. The molecule has 1 unspecified atom stereocenters. The van der Waals surface area contributed by atoms with E-state index in [1.807, 2.05) is 0 Å². The Labute approximate surface area is 111 Å². The summed E-state index contributed by atoms with van der Waals surface area (Å²) >= 11 is 4.73. The summed E-state index contributed by atoms with van der Waals surface area (Å²) in [6, 6.07) is 6.38. The van der Waals surface area contributed by atoms with Gasteiger partial charge in [-0.25, -0.2) is 4.79 Å². The van der Waals surface area contributed by atoms with Crippen molar-refractivity contribution in [1.29, 1.82) is 0 Å². The van der Waals surface area contributed by atoms with Gasteiger partial charge in [0, 0.05) is 18.9 Å². The van der Waals surface area contributed by atoms with Gasteiger partial charge in [-0.15, -0.1) is 0 Å². The smallest absolute Gasteiger partial charge is 0.377 e. The van der Waals surface area contributed by atoms with Gasteiger partial charge in [0.1, 0.15) is 11.3 Å². The molecule has 0 aliphatic carbocycles. The summed E-state index contributed by atoms with van der Waals surface area (Å²) in [6.07, 6.45) is -0.245. The van der Waals surface area contributed by atoms with Crippen molar-refractivity contribution in [3.05, 3.63) is 29.8 Å². The van der Waals surface area contributed by atoms with E-state index >= 15 is 0 Å². The first-order chi connectivity index (χ1) is 8.35. The van der Waals surface area contributed by atoms with Crippen molar-refractivity contribution in [2.45, 2.75) is 20.0 Å². The fourth-order valence-corrected chi connectivity index (χ4v) is 1.88. The zero-order valence-electron chi connectivity index (χ0n) is 10.3. The van der Waals surface area contributed by atoms with Crippen molar-refractivity contribution >= 4 is 24.5 Å². The minimum absolute atomic E-state index is 0.149. The number of carbonyl (C=O) groups is 1. The van der Waals surface area contributed by atoms with Gasteiger partial charge in [-0.1, -0.05) is 12.1 Å². The molecule has 0 aliphatic rings. The highest BCUT2D eigenvalue weighted by molar-refractivity contribution is 8.07. The van der Waals surface area contributed by atoms with E-state index in [4.69, 9.17) is 21.1 Å². The lowest BCUT2D eigenvalue weighted by Gasteiger charge is -2.16. The number of hydrogen-bond acceptors (Lipinski definition) is 5. The van der Waals surface area contributed by atoms with Gasteiger partial charge in [0.2, 0.25) is 0 Å². The minimum Gasteiger partial charge on any atom is -0.459 e. The van der Waals surface area contributed by atoms with E-state index in [9.17, 15) is 9.69 Å².